The first-order valence-corrected chi connectivity index (χ1v) is 8.72. The number of aromatic nitrogens is 4. The van der Waals surface area contributed by atoms with Crippen LogP contribution in [0.4, 0.5) is 4.39 Å². The molecule has 3 aromatic heterocycles. The van der Waals surface area contributed by atoms with E-state index in [1.807, 2.05) is 0 Å². The van der Waals surface area contributed by atoms with Crippen LogP contribution in [0.2, 0.25) is 0 Å². The highest BCUT2D eigenvalue weighted by atomic mass is 32.2. The summed E-state index contributed by atoms with van der Waals surface area (Å²) in [6, 6.07) is 1.31. The van der Waals surface area contributed by atoms with Crippen LogP contribution < -0.4 is 4.72 Å². The Morgan fingerprint density at radius 3 is 3.00 bits per heavy atom. The van der Waals surface area contributed by atoms with Gasteiger partial charge in [0.2, 0.25) is 0 Å². The maximum Gasteiger partial charge on any atom is 0.321 e. The first kappa shape index (κ1) is 15.6. The van der Waals surface area contributed by atoms with E-state index in [0.29, 0.717) is 16.9 Å². The van der Waals surface area contributed by atoms with Crippen molar-refractivity contribution in [2.45, 2.75) is 0 Å². The van der Waals surface area contributed by atoms with E-state index in [1.54, 1.807) is 17.8 Å². The van der Waals surface area contributed by atoms with Gasteiger partial charge in [0.15, 0.2) is 5.01 Å². The second kappa shape index (κ2) is 6.44. The molecule has 1 N–H and O–H groups in total. The highest BCUT2D eigenvalue weighted by Crippen LogP contribution is 2.22. The average molecular weight is 351 g/mol. The number of amides is 1. The molecular weight excluding hydrogens is 341 g/mol. The van der Waals surface area contributed by atoms with Gasteiger partial charge in [-0.3, -0.25) is 9.78 Å². The van der Waals surface area contributed by atoms with E-state index in [4.69, 9.17) is 0 Å². The molecule has 23 heavy (non-hydrogen) atoms. The number of hydrogen-bond donors (Lipinski definition) is 1. The predicted molar refractivity (Wildman–Crippen MR) is 84.0 cm³/mol. The van der Waals surface area contributed by atoms with E-state index in [-0.39, 0.29) is 5.01 Å². The van der Waals surface area contributed by atoms with Crippen LogP contribution >= 0.6 is 11.3 Å². The molecule has 10 heteroatoms. The zero-order valence-electron chi connectivity index (χ0n) is 11.8. The number of hydrogen-bond acceptors (Lipinski definition) is 6. The number of nitrogens with one attached hydrogen (secondary N) is 1. The minimum atomic E-state index is -1.45. The van der Waals surface area contributed by atoms with Crippen LogP contribution in [0.25, 0.3) is 16.9 Å². The molecule has 0 spiro atoms. The normalized spacial score (nSPS) is 12.1. The van der Waals surface area contributed by atoms with E-state index in [1.165, 1.54) is 23.2 Å². The molecule has 3 heterocycles. The predicted octanol–water partition coefficient (Wildman–Crippen LogP) is 1.55. The molecule has 1 unspecified atom stereocenters. The number of carbonyl (C=O) groups excluding carboxylic acids is 1. The maximum absolute atomic E-state index is 13.2. The molecule has 0 aromatic carbocycles. The molecule has 0 saturated heterocycles. The van der Waals surface area contributed by atoms with Crippen LogP contribution in [0.15, 0.2) is 36.2 Å². The first-order chi connectivity index (χ1) is 11.0. The summed E-state index contributed by atoms with van der Waals surface area (Å²) in [6.45, 7) is 0. The van der Waals surface area contributed by atoms with Gasteiger partial charge in [-0.2, -0.15) is 9.82 Å². The molecule has 0 aliphatic carbocycles. The van der Waals surface area contributed by atoms with Gasteiger partial charge in [-0.15, -0.1) is 11.3 Å². The zero-order chi connectivity index (χ0) is 16.4. The van der Waals surface area contributed by atoms with Gasteiger partial charge in [-0.25, -0.2) is 14.1 Å². The molecule has 7 nitrogen and oxygen atoms in total. The van der Waals surface area contributed by atoms with Gasteiger partial charge >= 0.3 is 5.91 Å². The molecule has 1 amide bonds. The van der Waals surface area contributed by atoms with Gasteiger partial charge in [-0.1, -0.05) is 0 Å². The van der Waals surface area contributed by atoms with Crippen molar-refractivity contribution in [3.8, 4) is 16.9 Å². The molecule has 0 aliphatic heterocycles. The third-order valence-electron chi connectivity index (χ3n) is 2.77. The fourth-order valence-corrected chi connectivity index (χ4v) is 2.95. The topological polar surface area (TPSA) is 95.8 Å². The van der Waals surface area contributed by atoms with Crippen LogP contribution in [-0.4, -0.2) is 36.5 Å². The lowest BCUT2D eigenvalue weighted by molar-refractivity contribution is 0.0981. The lowest BCUT2D eigenvalue weighted by atomic mass is 10.3. The highest BCUT2D eigenvalue weighted by molar-refractivity contribution is 7.89. The van der Waals surface area contributed by atoms with Crippen molar-refractivity contribution in [2.24, 2.45) is 0 Å². The third kappa shape index (κ3) is 3.55. The van der Waals surface area contributed by atoms with E-state index in [9.17, 15) is 13.7 Å². The molecule has 3 rings (SSSR count). The number of pyridine rings is 1. The molecule has 0 saturated carbocycles. The molecule has 0 fully saturated rings. The fraction of sp³-hybridized carbons (Fsp3) is 0.0769. The van der Waals surface area contributed by atoms with Crippen molar-refractivity contribution in [2.75, 3.05) is 6.26 Å². The van der Waals surface area contributed by atoms with Crippen LogP contribution in [0, 0.1) is 5.82 Å². The van der Waals surface area contributed by atoms with Crippen molar-refractivity contribution in [1.82, 2.24) is 24.5 Å². The van der Waals surface area contributed by atoms with Crippen molar-refractivity contribution in [1.29, 1.82) is 0 Å². The average Bonchev–Trinajstić information content (AvgIpc) is 3.16. The van der Waals surface area contributed by atoms with Crippen molar-refractivity contribution in [3.63, 3.8) is 0 Å². The second-order valence-electron chi connectivity index (χ2n) is 4.46. The first-order valence-electron chi connectivity index (χ1n) is 6.29. The standard InChI is InChI=1S/C13H10FN5O2S2/c1-23(21)18-12(20)13-17-11(7-22-13)8-3-16-19(6-8)10-2-9(14)4-15-5-10/h2-7H,1H3,(H,18,20). The van der Waals surface area contributed by atoms with Gasteiger partial charge in [0.05, 0.1) is 41.3 Å². The van der Waals surface area contributed by atoms with E-state index >= 15 is 0 Å². The molecule has 0 radical (unpaired) electrons. The number of nitrogens with zero attached hydrogens (tertiary/aromatic N) is 4. The Labute approximate surface area is 137 Å². The lowest BCUT2D eigenvalue weighted by Gasteiger charge is -2.02. The number of halogens is 1. The second-order valence-corrected chi connectivity index (χ2v) is 6.43. The minimum absolute atomic E-state index is 0.204. The van der Waals surface area contributed by atoms with Crippen molar-refractivity contribution in [3.05, 3.63) is 47.1 Å². The smallest absolute Gasteiger partial charge is 0.321 e. The number of rotatable bonds is 4. The van der Waals surface area contributed by atoms with Crippen LogP contribution in [-0.2, 0) is 11.4 Å². The van der Waals surface area contributed by atoms with E-state index in [2.05, 4.69) is 19.8 Å². The van der Waals surface area contributed by atoms with Gasteiger partial charge in [-0.05, 0) is 0 Å². The van der Waals surface area contributed by atoms with Crippen molar-refractivity contribution >= 4 is 28.6 Å². The summed E-state index contributed by atoms with van der Waals surface area (Å²) in [5, 5.41) is 6.03. The van der Waals surface area contributed by atoms with Crippen LogP contribution in [0.5, 0.6) is 0 Å². The van der Waals surface area contributed by atoms with Crippen LogP contribution in [0.3, 0.4) is 0 Å². The zero-order valence-corrected chi connectivity index (χ0v) is 13.4. The van der Waals surface area contributed by atoms with Gasteiger partial charge in [0.25, 0.3) is 0 Å². The van der Waals surface area contributed by atoms with E-state index in [0.717, 1.165) is 17.5 Å². The lowest BCUT2D eigenvalue weighted by Crippen LogP contribution is -2.29. The number of thiazole rings is 1. The summed E-state index contributed by atoms with van der Waals surface area (Å²) in [5.74, 6) is -0.955. The summed E-state index contributed by atoms with van der Waals surface area (Å²) in [5.41, 5.74) is 1.70. The quantitative estimate of drug-likeness (QED) is 0.720. The summed E-state index contributed by atoms with van der Waals surface area (Å²) < 4.78 is 27.9. The van der Waals surface area contributed by atoms with Crippen molar-refractivity contribution < 1.29 is 13.7 Å². The fourth-order valence-electron chi connectivity index (χ4n) is 1.81. The Hall–Kier alpha value is -2.30. The minimum Gasteiger partial charge on any atom is -0.593 e. The summed E-state index contributed by atoms with van der Waals surface area (Å²) >= 11 is -0.311. The molecule has 0 aliphatic rings. The monoisotopic (exact) mass is 351 g/mol. The van der Waals surface area contributed by atoms with Gasteiger partial charge in [0, 0.05) is 23.2 Å². The largest absolute Gasteiger partial charge is 0.593 e. The number of carbonyl (C=O) groups is 1. The molecule has 3 aromatic rings. The Morgan fingerprint density at radius 2 is 2.26 bits per heavy atom. The van der Waals surface area contributed by atoms with Crippen LogP contribution in [0.1, 0.15) is 9.80 Å². The summed E-state index contributed by atoms with van der Waals surface area (Å²) in [6.07, 6.45) is 7.17. The van der Waals surface area contributed by atoms with Gasteiger partial charge in [0.1, 0.15) is 12.1 Å². The Kier molecular flexibility index (Phi) is 4.37. The Balaban J connectivity index is 1.84. The summed E-state index contributed by atoms with van der Waals surface area (Å²) in [4.78, 5) is 19.7. The maximum atomic E-state index is 13.2. The van der Waals surface area contributed by atoms with E-state index < -0.39 is 23.1 Å². The Morgan fingerprint density at radius 1 is 1.43 bits per heavy atom. The third-order valence-corrected chi connectivity index (χ3v) is 4.08. The summed E-state index contributed by atoms with van der Waals surface area (Å²) in [7, 11) is 0. The van der Waals surface area contributed by atoms with Gasteiger partial charge < -0.3 is 4.55 Å². The Bertz CT molecular complexity index is 848. The highest BCUT2D eigenvalue weighted by Gasteiger charge is 2.16. The molecular formula is C13H10FN5O2S2. The molecule has 118 valence electrons. The molecule has 1 atom stereocenters. The SMILES string of the molecule is C[S+]([O-])NC(=O)c1nc(-c2cnn(-c3cncc(F)c3)c2)cs1. The molecule has 0 bridgehead atoms.